The van der Waals surface area contributed by atoms with E-state index in [-0.39, 0.29) is 18.5 Å². The van der Waals surface area contributed by atoms with Crippen molar-refractivity contribution in [1.82, 2.24) is 9.97 Å². The van der Waals surface area contributed by atoms with Gasteiger partial charge in [0, 0.05) is 24.2 Å². The summed E-state index contributed by atoms with van der Waals surface area (Å²) in [5, 5.41) is 6.98. The number of nitrogens with two attached hydrogens (primary N) is 1. The second-order valence-corrected chi connectivity index (χ2v) is 9.40. The predicted molar refractivity (Wildman–Crippen MR) is 131 cm³/mol. The van der Waals surface area contributed by atoms with Crippen LogP contribution < -0.4 is 16.4 Å². The molecule has 1 amide bonds. The van der Waals surface area contributed by atoms with Gasteiger partial charge < -0.3 is 16.4 Å². The number of anilines is 2. The Hall–Kier alpha value is -3.06. The number of hydrogen-bond acceptors (Lipinski definition) is 5. The van der Waals surface area contributed by atoms with Crippen LogP contribution in [0.15, 0.2) is 42.9 Å². The van der Waals surface area contributed by atoms with Crippen LogP contribution in [0.1, 0.15) is 60.5 Å². The van der Waals surface area contributed by atoms with Crippen molar-refractivity contribution in [3.05, 3.63) is 59.5 Å². The molecule has 0 saturated heterocycles. The molecule has 4 unspecified atom stereocenters. The van der Waals surface area contributed by atoms with E-state index in [1.165, 1.54) is 6.92 Å². The summed E-state index contributed by atoms with van der Waals surface area (Å²) in [5.41, 5.74) is 10.9. The molecule has 3 aromatic rings. The van der Waals surface area contributed by atoms with Gasteiger partial charge in [0.1, 0.15) is 6.17 Å². The average molecular weight is 450 g/mol. The number of aryl methyl sites for hydroxylation is 1. The molecule has 33 heavy (non-hydrogen) atoms. The van der Waals surface area contributed by atoms with Gasteiger partial charge in [-0.15, -0.1) is 0 Å². The molecule has 1 aromatic carbocycles. The van der Waals surface area contributed by atoms with E-state index in [9.17, 15) is 9.18 Å². The quantitative estimate of drug-likeness (QED) is 0.481. The molecular formula is C26H32FN5O. The average Bonchev–Trinajstić information content (AvgIpc) is 2.77. The number of nitrogens with zero attached hydrogens (tertiary/aromatic N) is 2. The third kappa shape index (κ3) is 5.30. The fraction of sp³-hybridized carbons (Fsp3) is 0.423. The van der Waals surface area contributed by atoms with Crippen molar-refractivity contribution in [2.24, 2.45) is 11.7 Å². The highest BCUT2D eigenvalue weighted by atomic mass is 19.1. The van der Waals surface area contributed by atoms with Gasteiger partial charge in [-0.25, -0.2) is 4.39 Å². The van der Waals surface area contributed by atoms with Crippen LogP contribution in [0.5, 0.6) is 0 Å². The summed E-state index contributed by atoms with van der Waals surface area (Å²) in [6, 6.07) is 7.78. The molecule has 7 heteroatoms. The molecule has 1 aliphatic carbocycles. The Kier molecular flexibility index (Phi) is 6.88. The van der Waals surface area contributed by atoms with Gasteiger partial charge in [-0.05, 0) is 74.3 Å². The van der Waals surface area contributed by atoms with Crippen LogP contribution in [0.2, 0.25) is 0 Å². The van der Waals surface area contributed by atoms with Crippen LogP contribution in [-0.4, -0.2) is 34.6 Å². The molecular weight excluding hydrogens is 417 g/mol. The zero-order valence-electron chi connectivity index (χ0n) is 19.4. The largest absolute Gasteiger partial charge is 0.381 e. The van der Waals surface area contributed by atoms with Gasteiger partial charge in [-0.2, -0.15) is 0 Å². The van der Waals surface area contributed by atoms with Gasteiger partial charge in [-0.3, -0.25) is 14.8 Å². The minimum Gasteiger partial charge on any atom is -0.381 e. The standard InChI is InChI=1S/C26H32FN5O/c1-15-8-18(10-19(28)9-15)21-6-7-29-14-24(21)32-26(33)22-5-4-16(2)23-11-20(13-31-25(22)23)30-12-17(3)27/h4-7,11,13-15,17-19,30H,8-10,12,28H2,1-3H3,(H,32,33). The Labute approximate surface area is 194 Å². The van der Waals surface area contributed by atoms with E-state index in [1.54, 1.807) is 24.7 Å². The van der Waals surface area contributed by atoms with Crippen LogP contribution in [0.4, 0.5) is 15.8 Å². The Morgan fingerprint density at radius 2 is 2.06 bits per heavy atom. The number of halogens is 1. The number of hydrogen-bond donors (Lipinski definition) is 3. The molecule has 1 saturated carbocycles. The maximum atomic E-state index is 13.3. The zero-order chi connectivity index (χ0) is 23.5. The lowest BCUT2D eigenvalue weighted by molar-refractivity contribution is 0.102. The van der Waals surface area contributed by atoms with Crippen molar-refractivity contribution in [3.8, 4) is 0 Å². The number of amides is 1. The predicted octanol–water partition coefficient (Wildman–Crippen LogP) is 5.19. The van der Waals surface area contributed by atoms with Crippen molar-refractivity contribution in [1.29, 1.82) is 0 Å². The topological polar surface area (TPSA) is 92.9 Å². The number of rotatable bonds is 6. The molecule has 0 radical (unpaired) electrons. The molecule has 0 spiro atoms. The minimum absolute atomic E-state index is 0.170. The smallest absolute Gasteiger partial charge is 0.257 e. The summed E-state index contributed by atoms with van der Waals surface area (Å²) >= 11 is 0. The lowest BCUT2D eigenvalue weighted by atomic mass is 9.76. The van der Waals surface area contributed by atoms with Gasteiger partial charge in [-0.1, -0.05) is 13.0 Å². The number of carbonyl (C=O) groups is 1. The van der Waals surface area contributed by atoms with E-state index < -0.39 is 6.17 Å². The molecule has 6 nitrogen and oxygen atoms in total. The first-order valence-corrected chi connectivity index (χ1v) is 11.6. The molecule has 2 heterocycles. The van der Waals surface area contributed by atoms with E-state index in [2.05, 4.69) is 27.5 Å². The first-order chi connectivity index (χ1) is 15.8. The monoisotopic (exact) mass is 449 g/mol. The Morgan fingerprint density at radius 3 is 2.82 bits per heavy atom. The summed E-state index contributed by atoms with van der Waals surface area (Å²) < 4.78 is 13.2. The highest BCUT2D eigenvalue weighted by molar-refractivity contribution is 6.12. The third-order valence-electron chi connectivity index (χ3n) is 6.42. The molecule has 4 N–H and O–H groups in total. The molecule has 0 bridgehead atoms. The van der Waals surface area contributed by atoms with Crippen molar-refractivity contribution >= 4 is 28.2 Å². The van der Waals surface area contributed by atoms with E-state index in [1.807, 2.05) is 25.1 Å². The van der Waals surface area contributed by atoms with Gasteiger partial charge in [0.05, 0.1) is 34.8 Å². The molecule has 4 atom stereocenters. The summed E-state index contributed by atoms with van der Waals surface area (Å²) in [4.78, 5) is 22.1. The van der Waals surface area contributed by atoms with Gasteiger partial charge in [0.2, 0.25) is 0 Å². The molecule has 1 fully saturated rings. The van der Waals surface area contributed by atoms with E-state index in [4.69, 9.17) is 5.73 Å². The molecule has 174 valence electrons. The van der Waals surface area contributed by atoms with Crippen LogP contribution in [0.3, 0.4) is 0 Å². The fourth-order valence-electron chi connectivity index (χ4n) is 4.86. The van der Waals surface area contributed by atoms with Crippen LogP contribution in [-0.2, 0) is 0 Å². The van der Waals surface area contributed by atoms with Crippen LogP contribution in [0, 0.1) is 12.8 Å². The highest BCUT2D eigenvalue weighted by Gasteiger charge is 2.27. The normalized spacial score (nSPS) is 21.5. The fourth-order valence-corrected chi connectivity index (χ4v) is 4.86. The molecule has 1 aliphatic rings. The van der Waals surface area contributed by atoms with E-state index >= 15 is 0 Å². The van der Waals surface area contributed by atoms with Crippen LogP contribution >= 0.6 is 0 Å². The summed E-state index contributed by atoms with van der Waals surface area (Å²) in [6.07, 6.45) is 7.14. The first-order valence-electron chi connectivity index (χ1n) is 11.6. The lowest BCUT2D eigenvalue weighted by Crippen LogP contribution is -2.31. The van der Waals surface area contributed by atoms with Gasteiger partial charge in [0.15, 0.2) is 0 Å². The molecule has 2 aromatic heterocycles. The first kappa shape index (κ1) is 23.1. The number of benzene rings is 1. The Morgan fingerprint density at radius 1 is 1.24 bits per heavy atom. The van der Waals surface area contributed by atoms with Crippen molar-refractivity contribution in [2.75, 3.05) is 17.2 Å². The zero-order valence-corrected chi connectivity index (χ0v) is 19.4. The van der Waals surface area contributed by atoms with E-state index in [0.29, 0.717) is 22.9 Å². The second-order valence-electron chi connectivity index (χ2n) is 9.40. The number of fused-ring (bicyclic) bond motifs is 1. The summed E-state index contributed by atoms with van der Waals surface area (Å²) in [5.74, 6) is 0.610. The molecule has 4 rings (SSSR count). The maximum Gasteiger partial charge on any atom is 0.257 e. The van der Waals surface area contributed by atoms with Crippen molar-refractivity contribution < 1.29 is 9.18 Å². The summed E-state index contributed by atoms with van der Waals surface area (Å²) in [7, 11) is 0. The maximum absolute atomic E-state index is 13.3. The Bertz CT molecular complexity index is 1140. The lowest BCUT2D eigenvalue weighted by Gasteiger charge is -2.32. The third-order valence-corrected chi connectivity index (χ3v) is 6.42. The second kappa shape index (κ2) is 9.83. The number of nitrogens with one attached hydrogen (secondary N) is 2. The SMILES string of the molecule is Cc1ccc(C(=O)Nc2cnccc2C2CC(C)CC(N)C2)c2ncc(NCC(C)F)cc12. The number of carbonyl (C=O) groups excluding carboxylic acids is 1. The number of aromatic nitrogens is 2. The number of alkyl halides is 1. The van der Waals surface area contributed by atoms with Gasteiger partial charge >= 0.3 is 0 Å². The number of pyridine rings is 2. The minimum atomic E-state index is -0.964. The highest BCUT2D eigenvalue weighted by Crippen LogP contribution is 2.38. The van der Waals surface area contributed by atoms with E-state index in [0.717, 1.165) is 47.2 Å². The molecule has 0 aliphatic heterocycles. The van der Waals surface area contributed by atoms with Crippen molar-refractivity contribution in [3.63, 3.8) is 0 Å². The van der Waals surface area contributed by atoms with Crippen LogP contribution in [0.25, 0.3) is 10.9 Å². The van der Waals surface area contributed by atoms with Gasteiger partial charge in [0.25, 0.3) is 5.91 Å². The summed E-state index contributed by atoms with van der Waals surface area (Å²) in [6.45, 7) is 5.91. The van der Waals surface area contributed by atoms with Crippen molar-refractivity contribution in [2.45, 2.75) is 58.2 Å². The Balaban J connectivity index is 1.62.